The molecule has 0 aromatic carbocycles. The molecule has 1 aromatic heterocycles. The van der Waals surface area contributed by atoms with Crippen molar-refractivity contribution in [1.29, 1.82) is 0 Å². The second-order valence-corrected chi connectivity index (χ2v) is 8.91. The van der Waals surface area contributed by atoms with E-state index in [4.69, 9.17) is 9.47 Å². The molecule has 3 fully saturated rings. The van der Waals surface area contributed by atoms with Crippen LogP contribution in [0.4, 0.5) is 5.95 Å². The molecule has 2 aliphatic heterocycles. The zero-order valence-corrected chi connectivity index (χ0v) is 18.2. The average Bonchev–Trinajstić information content (AvgIpc) is 3.16. The van der Waals surface area contributed by atoms with Crippen LogP contribution in [0.25, 0.3) is 0 Å². The highest BCUT2D eigenvalue weighted by atomic mass is 16.5. The summed E-state index contributed by atoms with van der Waals surface area (Å²) in [5, 5.41) is 6.45. The number of nitrogens with zero attached hydrogens (tertiary/aromatic N) is 3. The molecule has 1 saturated carbocycles. The Morgan fingerprint density at radius 3 is 2.57 bits per heavy atom. The van der Waals surface area contributed by atoms with E-state index in [1.807, 2.05) is 19.3 Å². The summed E-state index contributed by atoms with van der Waals surface area (Å²) < 4.78 is 11.2. The third-order valence-corrected chi connectivity index (χ3v) is 6.86. The van der Waals surface area contributed by atoms with Crippen molar-refractivity contribution in [2.75, 3.05) is 45.3 Å². The number of rotatable bonds is 7. The second-order valence-electron chi connectivity index (χ2n) is 8.91. The Morgan fingerprint density at radius 1 is 1.20 bits per heavy atom. The van der Waals surface area contributed by atoms with Crippen LogP contribution in [0.3, 0.4) is 0 Å². The lowest BCUT2D eigenvalue weighted by atomic mass is 9.77. The van der Waals surface area contributed by atoms with E-state index in [0.717, 1.165) is 57.4 Å². The van der Waals surface area contributed by atoms with Crippen molar-refractivity contribution in [2.24, 2.45) is 17.8 Å². The van der Waals surface area contributed by atoms with Gasteiger partial charge in [-0.2, -0.15) is 0 Å². The molecule has 8 nitrogen and oxygen atoms in total. The van der Waals surface area contributed by atoms with Gasteiger partial charge >= 0.3 is 0 Å². The molecule has 4 rings (SSSR count). The number of methoxy groups -OCH3 is 1. The number of hydrogen-bond acceptors (Lipinski definition) is 7. The van der Waals surface area contributed by atoms with Crippen LogP contribution >= 0.6 is 0 Å². The number of carbonyl (C=O) groups excluding carboxylic acids is 1. The Hall–Kier alpha value is -1.77. The topological polar surface area (TPSA) is 88.6 Å². The summed E-state index contributed by atoms with van der Waals surface area (Å²) in [4.78, 5) is 24.0. The fraction of sp³-hybridized carbons (Fsp3) is 0.773. The Labute approximate surface area is 179 Å². The lowest BCUT2D eigenvalue weighted by molar-refractivity contribution is -0.130. The first-order valence-electron chi connectivity index (χ1n) is 11.3. The summed E-state index contributed by atoms with van der Waals surface area (Å²) in [6.45, 7) is 7.23. The molecule has 2 saturated heterocycles. The summed E-state index contributed by atoms with van der Waals surface area (Å²) in [6, 6.07) is 0.106. The minimum Gasteiger partial charge on any atom is -0.381 e. The lowest BCUT2D eigenvalue weighted by Crippen LogP contribution is -2.51. The Morgan fingerprint density at radius 2 is 1.90 bits per heavy atom. The summed E-state index contributed by atoms with van der Waals surface area (Å²) >= 11 is 0. The molecule has 3 aliphatic rings. The largest absolute Gasteiger partial charge is 0.381 e. The van der Waals surface area contributed by atoms with E-state index in [1.165, 1.54) is 0 Å². The minimum absolute atomic E-state index is 0.0826. The molecule has 0 unspecified atom stereocenters. The summed E-state index contributed by atoms with van der Waals surface area (Å²) in [7, 11) is 1.77. The smallest absolute Gasteiger partial charge is 0.223 e. The van der Waals surface area contributed by atoms with Crippen LogP contribution in [0.1, 0.15) is 38.2 Å². The number of anilines is 1. The molecule has 166 valence electrons. The predicted octanol–water partition coefficient (Wildman–Crippen LogP) is 1.68. The van der Waals surface area contributed by atoms with E-state index in [9.17, 15) is 4.79 Å². The van der Waals surface area contributed by atoms with Crippen LogP contribution in [0.2, 0.25) is 0 Å². The van der Waals surface area contributed by atoms with Crippen molar-refractivity contribution in [3.05, 3.63) is 18.0 Å². The van der Waals surface area contributed by atoms with Crippen molar-refractivity contribution in [2.45, 2.75) is 51.3 Å². The standard InChI is InChI=1S/C22H35N5O3/c1-3-23-22-24-10-15(11-25-22)12-27-13-17-8-19(20(29-2)9-18(17)14-27)26-21(28)16-4-6-30-7-5-16/h10-11,16-20H,3-9,12-14H2,1-2H3,(H,26,28)(H,23,24,25)/t17-,18+,19-,20-/m0/s1. The molecule has 0 radical (unpaired) electrons. The van der Waals surface area contributed by atoms with E-state index in [0.29, 0.717) is 31.0 Å². The van der Waals surface area contributed by atoms with Gasteiger partial charge in [-0.3, -0.25) is 9.69 Å². The van der Waals surface area contributed by atoms with Gasteiger partial charge in [-0.25, -0.2) is 9.97 Å². The second kappa shape index (κ2) is 10.0. The zero-order chi connectivity index (χ0) is 20.9. The molecule has 2 N–H and O–H groups in total. The van der Waals surface area contributed by atoms with Gasteiger partial charge in [0.1, 0.15) is 0 Å². The molecule has 1 aliphatic carbocycles. The van der Waals surface area contributed by atoms with E-state index in [2.05, 4.69) is 25.5 Å². The first-order chi connectivity index (χ1) is 14.7. The molecular formula is C22H35N5O3. The van der Waals surface area contributed by atoms with Crippen molar-refractivity contribution < 1.29 is 14.3 Å². The maximum Gasteiger partial charge on any atom is 0.223 e. The summed E-state index contributed by atoms with van der Waals surface area (Å²) in [6.07, 6.45) is 7.58. The van der Waals surface area contributed by atoms with E-state index < -0.39 is 0 Å². The number of carbonyl (C=O) groups is 1. The molecule has 0 spiro atoms. The van der Waals surface area contributed by atoms with Crippen LogP contribution in [0.15, 0.2) is 12.4 Å². The van der Waals surface area contributed by atoms with Gasteiger partial charge < -0.3 is 20.1 Å². The highest BCUT2D eigenvalue weighted by Crippen LogP contribution is 2.38. The average molecular weight is 418 g/mol. The normalized spacial score (nSPS) is 30.1. The van der Waals surface area contributed by atoms with Gasteiger partial charge in [0, 0.05) is 70.4 Å². The maximum absolute atomic E-state index is 12.7. The highest BCUT2D eigenvalue weighted by Gasteiger charge is 2.43. The van der Waals surface area contributed by atoms with Gasteiger partial charge in [0.2, 0.25) is 11.9 Å². The first kappa shape index (κ1) is 21.5. The van der Waals surface area contributed by atoms with E-state index in [1.54, 1.807) is 7.11 Å². The molecule has 8 heteroatoms. The number of aromatic nitrogens is 2. The number of nitrogens with one attached hydrogen (secondary N) is 2. The van der Waals surface area contributed by atoms with Gasteiger partial charge in [-0.15, -0.1) is 0 Å². The highest BCUT2D eigenvalue weighted by molar-refractivity contribution is 5.79. The maximum atomic E-state index is 12.7. The third-order valence-electron chi connectivity index (χ3n) is 6.86. The number of amides is 1. The van der Waals surface area contributed by atoms with Gasteiger partial charge in [0.25, 0.3) is 0 Å². The summed E-state index contributed by atoms with van der Waals surface area (Å²) in [5.74, 6) is 2.16. The molecule has 1 aromatic rings. The van der Waals surface area contributed by atoms with Gasteiger partial charge in [-0.1, -0.05) is 0 Å². The third kappa shape index (κ3) is 5.10. The fourth-order valence-corrected chi connectivity index (χ4v) is 5.26. The number of fused-ring (bicyclic) bond motifs is 1. The van der Waals surface area contributed by atoms with Crippen molar-refractivity contribution in [1.82, 2.24) is 20.2 Å². The minimum atomic E-state index is 0.0826. The van der Waals surface area contributed by atoms with Gasteiger partial charge in [-0.05, 0) is 44.4 Å². The summed E-state index contributed by atoms with van der Waals surface area (Å²) in [5.41, 5.74) is 1.14. The van der Waals surface area contributed by atoms with Gasteiger partial charge in [0.05, 0.1) is 12.1 Å². The van der Waals surface area contributed by atoms with Crippen LogP contribution in [0.5, 0.6) is 0 Å². The van der Waals surface area contributed by atoms with Gasteiger partial charge in [0.15, 0.2) is 0 Å². The fourth-order valence-electron chi connectivity index (χ4n) is 5.26. The van der Waals surface area contributed by atoms with Crippen molar-refractivity contribution in [3.63, 3.8) is 0 Å². The van der Waals surface area contributed by atoms with Crippen molar-refractivity contribution >= 4 is 11.9 Å². The SMILES string of the molecule is CCNc1ncc(CN2C[C@H]3C[C@H](OC)[C@@H](NC(=O)C4CCOCC4)C[C@H]3C2)cn1. The molecule has 0 bridgehead atoms. The monoisotopic (exact) mass is 417 g/mol. The molecular weight excluding hydrogens is 382 g/mol. The van der Waals surface area contributed by atoms with Crippen LogP contribution in [-0.4, -0.2) is 72.9 Å². The zero-order valence-electron chi connectivity index (χ0n) is 18.2. The number of likely N-dealkylation sites (tertiary alicyclic amines) is 1. The Bertz CT molecular complexity index is 695. The van der Waals surface area contributed by atoms with Crippen molar-refractivity contribution in [3.8, 4) is 0 Å². The molecule has 4 atom stereocenters. The van der Waals surface area contributed by atoms with E-state index in [-0.39, 0.29) is 24.0 Å². The number of ether oxygens (including phenoxy) is 2. The van der Waals surface area contributed by atoms with Crippen LogP contribution in [-0.2, 0) is 20.8 Å². The molecule has 30 heavy (non-hydrogen) atoms. The first-order valence-corrected chi connectivity index (χ1v) is 11.3. The van der Waals surface area contributed by atoms with Crippen LogP contribution < -0.4 is 10.6 Å². The molecule has 1 amide bonds. The van der Waals surface area contributed by atoms with E-state index >= 15 is 0 Å². The predicted molar refractivity (Wildman–Crippen MR) is 114 cm³/mol. The Balaban J connectivity index is 1.32. The number of hydrogen-bond donors (Lipinski definition) is 2. The quantitative estimate of drug-likeness (QED) is 0.698. The molecule has 3 heterocycles. The lowest BCUT2D eigenvalue weighted by Gasteiger charge is -2.38. The Kier molecular flexibility index (Phi) is 7.17. The van der Waals surface area contributed by atoms with Crippen LogP contribution in [0, 0.1) is 17.8 Å².